The highest BCUT2D eigenvalue weighted by atomic mass is 32.2. The van der Waals surface area contributed by atoms with Crippen molar-refractivity contribution in [3.63, 3.8) is 0 Å². The molecule has 1 atom stereocenters. The monoisotopic (exact) mass is 324 g/mol. The molecule has 4 aliphatic rings. The number of hydrogen-bond donors (Lipinski definition) is 1. The quantitative estimate of drug-likeness (QED) is 0.850. The van der Waals surface area contributed by atoms with E-state index in [4.69, 9.17) is 0 Å². The van der Waals surface area contributed by atoms with Gasteiger partial charge in [0.25, 0.3) is 0 Å². The average Bonchev–Trinajstić information content (AvgIpc) is 3.25. The van der Waals surface area contributed by atoms with Gasteiger partial charge in [0.2, 0.25) is 5.91 Å². The predicted molar refractivity (Wildman–Crippen MR) is 88.8 cm³/mol. The zero-order valence-electron chi connectivity index (χ0n) is 13.4. The van der Waals surface area contributed by atoms with Gasteiger partial charge >= 0.3 is 0 Å². The van der Waals surface area contributed by atoms with E-state index in [1.807, 2.05) is 11.8 Å². The van der Waals surface area contributed by atoms with Gasteiger partial charge in [0, 0.05) is 38.7 Å². The fourth-order valence-electron chi connectivity index (χ4n) is 4.59. The average molecular weight is 324 g/mol. The van der Waals surface area contributed by atoms with Crippen LogP contribution in [0.25, 0.3) is 0 Å². The molecule has 4 nitrogen and oxygen atoms in total. The first-order valence-electron chi connectivity index (χ1n) is 8.93. The molecule has 0 aromatic heterocycles. The Balaban J connectivity index is 1.37. The van der Waals surface area contributed by atoms with Crippen LogP contribution in [0.2, 0.25) is 0 Å². The van der Waals surface area contributed by atoms with Crippen molar-refractivity contribution in [2.24, 2.45) is 17.8 Å². The number of rotatable bonds is 4. The highest BCUT2D eigenvalue weighted by Gasteiger charge is 2.55. The summed E-state index contributed by atoms with van der Waals surface area (Å²) in [4.78, 5) is 17.4. The van der Waals surface area contributed by atoms with Crippen LogP contribution in [0.5, 0.6) is 0 Å². The van der Waals surface area contributed by atoms with Crippen molar-refractivity contribution < 1.29 is 9.90 Å². The molecule has 22 heavy (non-hydrogen) atoms. The van der Waals surface area contributed by atoms with E-state index in [1.165, 1.54) is 19.4 Å². The summed E-state index contributed by atoms with van der Waals surface area (Å²) in [5.41, 5.74) is 0.203. The van der Waals surface area contributed by atoms with Gasteiger partial charge in [-0.25, -0.2) is 0 Å². The van der Waals surface area contributed by atoms with Gasteiger partial charge in [0.1, 0.15) is 0 Å². The van der Waals surface area contributed by atoms with Crippen molar-refractivity contribution in [1.82, 2.24) is 9.80 Å². The molecule has 0 unspecified atom stereocenters. The van der Waals surface area contributed by atoms with Crippen LogP contribution < -0.4 is 0 Å². The summed E-state index contributed by atoms with van der Waals surface area (Å²) in [7, 11) is 0. The van der Waals surface area contributed by atoms with Crippen LogP contribution in [0.15, 0.2) is 0 Å². The Morgan fingerprint density at radius 1 is 1.14 bits per heavy atom. The first kappa shape index (κ1) is 15.3. The lowest BCUT2D eigenvalue weighted by molar-refractivity contribution is -0.149. The molecule has 1 spiro atoms. The molecule has 3 aliphatic heterocycles. The third-order valence-electron chi connectivity index (χ3n) is 6.10. The number of carbonyl (C=O) groups is 1. The second kappa shape index (κ2) is 5.99. The number of likely N-dealkylation sites (tertiary alicyclic amines) is 2. The van der Waals surface area contributed by atoms with Crippen LogP contribution >= 0.6 is 11.8 Å². The van der Waals surface area contributed by atoms with E-state index in [2.05, 4.69) is 9.80 Å². The van der Waals surface area contributed by atoms with Crippen LogP contribution in [-0.2, 0) is 4.79 Å². The maximum Gasteiger partial charge on any atom is 0.225 e. The molecule has 3 heterocycles. The van der Waals surface area contributed by atoms with Crippen LogP contribution in [0.4, 0.5) is 0 Å². The molecule has 3 saturated heterocycles. The molecule has 4 rings (SSSR count). The summed E-state index contributed by atoms with van der Waals surface area (Å²) in [5.74, 6) is 4.29. The van der Waals surface area contributed by atoms with Crippen molar-refractivity contribution in [1.29, 1.82) is 0 Å². The number of amides is 1. The van der Waals surface area contributed by atoms with E-state index in [0.29, 0.717) is 18.4 Å². The van der Waals surface area contributed by atoms with Crippen molar-refractivity contribution in [2.75, 3.05) is 44.3 Å². The summed E-state index contributed by atoms with van der Waals surface area (Å²) in [5, 5.41) is 9.55. The Bertz CT molecular complexity index is 428. The van der Waals surface area contributed by atoms with Crippen molar-refractivity contribution >= 4 is 17.7 Å². The first-order chi connectivity index (χ1) is 10.7. The molecule has 124 valence electrons. The smallest absolute Gasteiger partial charge is 0.225 e. The number of carbonyl (C=O) groups excluding carboxylic acids is 1. The van der Waals surface area contributed by atoms with Crippen molar-refractivity contribution in [2.45, 2.75) is 37.6 Å². The Labute approximate surface area is 137 Å². The summed E-state index contributed by atoms with van der Waals surface area (Å²) in [6, 6.07) is 0. The third-order valence-corrected chi connectivity index (χ3v) is 7.15. The Morgan fingerprint density at radius 2 is 1.86 bits per heavy atom. The van der Waals surface area contributed by atoms with Crippen LogP contribution in [0.1, 0.15) is 32.1 Å². The summed E-state index contributed by atoms with van der Waals surface area (Å²) in [6.07, 6.45) is 5.97. The van der Waals surface area contributed by atoms with Gasteiger partial charge in [0.15, 0.2) is 0 Å². The molecule has 5 heteroatoms. The lowest BCUT2D eigenvalue weighted by Gasteiger charge is -2.54. The lowest BCUT2D eigenvalue weighted by Crippen LogP contribution is -2.69. The van der Waals surface area contributed by atoms with Crippen molar-refractivity contribution in [3.8, 4) is 0 Å². The molecule has 0 bridgehead atoms. The second-order valence-corrected chi connectivity index (χ2v) is 9.13. The number of thioether (sulfide) groups is 1. The topological polar surface area (TPSA) is 43.8 Å². The second-order valence-electron chi connectivity index (χ2n) is 7.91. The first-order valence-corrected chi connectivity index (χ1v) is 10.1. The highest BCUT2D eigenvalue weighted by Crippen LogP contribution is 2.44. The summed E-state index contributed by atoms with van der Waals surface area (Å²) in [6.45, 7) is 4.36. The minimum Gasteiger partial charge on any atom is -0.396 e. The molecule has 0 radical (unpaired) electrons. The molecule has 1 aliphatic carbocycles. The van der Waals surface area contributed by atoms with E-state index in [-0.39, 0.29) is 11.5 Å². The molecular weight excluding hydrogens is 296 g/mol. The normalized spacial score (nSPS) is 32.4. The number of nitrogens with zero attached hydrogens (tertiary/aromatic N) is 2. The minimum absolute atomic E-state index is 0.203. The number of aliphatic hydroxyl groups is 1. The van der Waals surface area contributed by atoms with E-state index in [0.717, 1.165) is 56.3 Å². The number of hydrogen-bond acceptors (Lipinski definition) is 4. The van der Waals surface area contributed by atoms with Gasteiger partial charge < -0.3 is 10.0 Å². The van der Waals surface area contributed by atoms with Gasteiger partial charge in [-0.05, 0) is 55.4 Å². The van der Waals surface area contributed by atoms with Crippen LogP contribution in [0.3, 0.4) is 0 Å². The standard InChI is InChI=1S/C17H28N2O2S/c20-10-14-7-17(19(9-14)8-13-1-2-13)11-18(12-17)16(21)15-3-5-22-6-4-15/h13-15,20H,1-12H2/t14-/m1/s1. The zero-order valence-corrected chi connectivity index (χ0v) is 14.2. The lowest BCUT2D eigenvalue weighted by atomic mass is 9.83. The Morgan fingerprint density at radius 3 is 2.50 bits per heavy atom. The Hall–Kier alpha value is -0.260. The fraction of sp³-hybridized carbons (Fsp3) is 0.941. The molecule has 1 amide bonds. The highest BCUT2D eigenvalue weighted by molar-refractivity contribution is 7.99. The summed E-state index contributed by atoms with van der Waals surface area (Å²) >= 11 is 1.98. The SMILES string of the molecule is O=C(C1CCSCC1)N1CC2(C[C@@H](CO)CN2CC2CC2)C1. The Kier molecular flexibility index (Phi) is 4.16. The molecule has 0 aromatic carbocycles. The molecule has 4 fully saturated rings. The van der Waals surface area contributed by atoms with Crippen LogP contribution in [0, 0.1) is 17.8 Å². The van der Waals surface area contributed by atoms with E-state index < -0.39 is 0 Å². The summed E-state index contributed by atoms with van der Waals surface area (Å²) < 4.78 is 0. The van der Waals surface area contributed by atoms with Crippen LogP contribution in [-0.4, -0.2) is 70.6 Å². The van der Waals surface area contributed by atoms with E-state index >= 15 is 0 Å². The largest absolute Gasteiger partial charge is 0.396 e. The zero-order chi connectivity index (χ0) is 15.2. The molecule has 0 aromatic rings. The van der Waals surface area contributed by atoms with E-state index in [9.17, 15) is 9.90 Å². The third kappa shape index (κ3) is 2.80. The van der Waals surface area contributed by atoms with Gasteiger partial charge in [-0.2, -0.15) is 11.8 Å². The predicted octanol–water partition coefficient (Wildman–Crippen LogP) is 1.43. The fourth-order valence-corrected chi connectivity index (χ4v) is 5.70. The number of aliphatic hydroxyl groups excluding tert-OH is 1. The molecule has 1 saturated carbocycles. The van der Waals surface area contributed by atoms with Gasteiger partial charge in [0.05, 0.1) is 5.54 Å². The maximum absolute atomic E-state index is 12.7. The minimum atomic E-state index is 0.203. The molecular formula is C17H28N2O2S. The maximum atomic E-state index is 12.7. The van der Waals surface area contributed by atoms with E-state index in [1.54, 1.807) is 0 Å². The van der Waals surface area contributed by atoms with Gasteiger partial charge in [-0.1, -0.05) is 0 Å². The van der Waals surface area contributed by atoms with Gasteiger partial charge in [-0.15, -0.1) is 0 Å². The molecule has 1 N–H and O–H groups in total. The van der Waals surface area contributed by atoms with Crippen molar-refractivity contribution in [3.05, 3.63) is 0 Å². The van der Waals surface area contributed by atoms with Gasteiger partial charge in [-0.3, -0.25) is 9.69 Å².